The number of hydrogen-bond acceptors (Lipinski definition) is 3. The Balaban J connectivity index is 1.88. The minimum absolute atomic E-state index is 0.243. The van der Waals surface area contributed by atoms with Crippen molar-refractivity contribution < 1.29 is 8.42 Å². The summed E-state index contributed by atoms with van der Waals surface area (Å²) in [6.07, 6.45) is 0.697. The Bertz CT molecular complexity index is 640. The van der Waals surface area contributed by atoms with Gasteiger partial charge in [-0.2, -0.15) is 0 Å². The first-order valence-electron chi connectivity index (χ1n) is 7.00. The first-order chi connectivity index (χ1) is 9.88. The number of aryl methyl sites for hydroxylation is 2. The number of anilines is 1. The summed E-state index contributed by atoms with van der Waals surface area (Å²) in [5.74, 6) is 0.544. The number of rotatable bonds is 4. The number of nitrogens with zero attached hydrogens (tertiary/aromatic N) is 2. The molecule has 0 amide bonds. The molecule has 0 radical (unpaired) electrons. The Morgan fingerprint density at radius 3 is 2.76 bits per heavy atom. The van der Waals surface area contributed by atoms with Crippen molar-refractivity contribution in [3.8, 4) is 0 Å². The van der Waals surface area contributed by atoms with E-state index in [0.717, 1.165) is 5.69 Å². The van der Waals surface area contributed by atoms with Crippen molar-refractivity contribution in [3.05, 3.63) is 29.3 Å². The minimum Gasteiger partial charge on any atom is -0.370 e. The lowest BCUT2D eigenvalue weighted by Gasteiger charge is -2.13. The number of sulfonamides is 1. The lowest BCUT2D eigenvalue weighted by molar-refractivity contribution is 0.452. The zero-order valence-corrected chi connectivity index (χ0v) is 13.3. The molecule has 0 spiro atoms. The average molecular weight is 310 g/mol. The summed E-state index contributed by atoms with van der Waals surface area (Å²) >= 11 is 0. The van der Waals surface area contributed by atoms with Crippen LogP contribution in [0.25, 0.3) is 0 Å². The Labute approximate surface area is 126 Å². The predicted molar refractivity (Wildman–Crippen MR) is 86.0 cm³/mol. The van der Waals surface area contributed by atoms with Gasteiger partial charge in [-0.05, 0) is 43.5 Å². The van der Waals surface area contributed by atoms with E-state index in [1.807, 2.05) is 32.0 Å². The molecule has 0 bridgehead atoms. The quantitative estimate of drug-likeness (QED) is 0.643. The van der Waals surface area contributed by atoms with Gasteiger partial charge < -0.3 is 11.1 Å². The monoisotopic (exact) mass is 310 g/mol. The van der Waals surface area contributed by atoms with Crippen LogP contribution in [0.2, 0.25) is 0 Å². The van der Waals surface area contributed by atoms with E-state index in [4.69, 9.17) is 5.73 Å². The van der Waals surface area contributed by atoms with Crippen molar-refractivity contribution in [3.63, 3.8) is 0 Å². The maximum absolute atomic E-state index is 11.6. The fourth-order valence-corrected chi connectivity index (χ4v) is 3.75. The molecule has 0 atom stereocenters. The van der Waals surface area contributed by atoms with E-state index < -0.39 is 10.0 Å². The Morgan fingerprint density at radius 2 is 2.14 bits per heavy atom. The molecule has 1 heterocycles. The largest absolute Gasteiger partial charge is 0.370 e. The van der Waals surface area contributed by atoms with Gasteiger partial charge in [0, 0.05) is 18.8 Å². The Kier molecular flexibility index (Phi) is 4.84. The van der Waals surface area contributed by atoms with E-state index in [1.54, 1.807) is 0 Å². The smallest absolute Gasteiger partial charge is 0.214 e. The number of guanidine groups is 1. The third-order valence-corrected chi connectivity index (χ3v) is 5.57. The molecular weight excluding hydrogens is 288 g/mol. The Morgan fingerprint density at radius 1 is 1.38 bits per heavy atom. The highest BCUT2D eigenvalue weighted by atomic mass is 32.2. The standard InChI is InChI=1S/C14H22N4O2S/c1-11-4-5-13(10-12(11)2)17-14(15)16-6-8-18-7-3-9-21(18,19)20/h4-5,10H,3,6-9H2,1-2H3,(H3,15,16,17). The third-order valence-electron chi connectivity index (χ3n) is 3.61. The summed E-state index contributed by atoms with van der Waals surface area (Å²) in [6, 6.07) is 5.96. The second-order valence-corrected chi connectivity index (χ2v) is 7.35. The molecule has 21 heavy (non-hydrogen) atoms. The SMILES string of the molecule is Cc1ccc(NC(N)=NCCN2CCCS2(=O)=O)cc1C. The van der Waals surface area contributed by atoms with Crippen LogP contribution in [0.4, 0.5) is 5.69 Å². The number of aliphatic imine (C=N–C) groups is 1. The maximum atomic E-state index is 11.6. The van der Waals surface area contributed by atoms with Crippen molar-refractivity contribution in [1.29, 1.82) is 0 Å². The van der Waals surface area contributed by atoms with Crippen LogP contribution in [0, 0.1) is 13.8 Å². The molecule has 7 heteroatoms. The molecule has 0 aromatic heterocycles. The molecule has 1 saturated heterocycles. The molecule has 0 saturated carbocycles. The molecule has 0 aliphatic carbocycles. The molecule has 1 aromatic carbocycles. The molecule has 116 valence electrons. The van der Waals surface area contributed by atoms with E-state index in [0.29, 0.717) is 32.0 Å². The van der Waals surface area contributed by atoms with Gasteiger partial charge in [0.05, 0.1) is 12.3 Å². The van der Waals surface area contributed by atoms with Crippen LogP contribution < -0.4 is 11.1 Å². The summed E-state index contributed by atoms with van der Waals surface area (Å²) in [7, 11) is -3.05. The fourth-order valence-electron chi connectivity index (χ4n) is 2.23. The molecule has 0 unspecified atom stereocenters. The Hall–Kier alpha value is -1.60. The van der Waals surface area contributed by atoms with Crippen molar-refractivity contribution in [2.75, 3.05) is 30.7 Å². The summed E-state index contributed by atoms with van der Waals surface area (Å²) in [6.45, 7) is 5.42. The van der Waals surface area contributed by atoms with Crippen LogP contribution in [0.5, 0.6) is 0 Å². The van der Waals surface area contributed by atoms with Crippen molar-refractivity contribution in [2.24, 2.45) is 10.7 Å². The molecular formula is C14H22N4O2S. The van der Waals surface area contributed by atoms with E-state index in [9.17, 15) is 8.42 Å². The van der Waals surface area contributed by atoms with Gasteiger partial charge in [0.2, 0.25) is 10.0 Å². The van der Waals surface area contributed by atoms with Crippen LogP contribution in [-0.4, -0.2) is 44.1 Å². The van der Waals surface area contributed by atoms with E-state index >= 15 is 0 Å². The van der Waals surface area contributed by atoms with Gasteiger partial charge in [0.25, 0.3) is 0 Å². The first kappa shape index (κ1) is 15.8. The lowest BCUT2D eigenvalue weighted by Crippen LogP contribution is -2.30. The van der Waals surface area contributed by atoms with E-state index in [1.165, 1.54) is 15.4 Å². The van der Waals surface area contributed by atoms with Gasteiger partial charge >= 0.3 is 0 Å². The number of hydrogen-bond donors (Lipinski definition) is 2. The second kappa shape index (κ2) is 6.44. The van der Waals surface area contributed by atoms with Gasteiger partial charge in [0.1, 0.15) is 0 Å². The second-order valence-electron chi connectivity index (χ2n) is 5.26. The van der Waals surface area contributed by atoms with Crippen LogP contribution in [-0.2, 0) is 10.0 Å². The molecule has 6 nitrogen and oxygen atoms in total. The molecule has 1 fully saturated rings. The first-order valence-corrected chi connectivity index (χ1v) is 8.61. The van der Waals surface area contributed by atoms with E-state index in [2.05, 4.69) is 10.3 Å². The number of nitrogens with two attached hydrogens (primary N) is 1. The molecule has 1 aromatic rings. The van der Waals surface area contributed by atoms with Gasteiger partial charge in [-0.25, -0.2) is 12.7 Å². The zero-order valence-electron chi connectivity index (χ0n) is 12.5. The summed E-state index contributed by atoms with van der Waals surface area (Å²) in [5, 5.41) is 3.02. The van der Waals surface area contributed by atoms with Crippen LogP contribution >= 0.6 is 0 Å². The normalized spacial score (nSPS) is 18.9. The number of benzene rings is 1. The highest BCUT2D eigenvalue weighted by Gasteiger charge is 2.27. The van der Waals surface area contributed by atoms with Crippen LogP contribution in [0.1, 0.15) is 17.5 Å². The van der Waals surface area contributed by atoms with Crippen molar-refractivity contribution >= 4 is 21.7 Å². The van der Waals surface area contributed by atoms with E-state index in [-0.39, 0.29) is 5.75 Å². The van der Waals surface area contributed by atoms with Crippen molar-refractivity contribution in [2.45, 2.75) is 20.3 Å². The lowest BCUT2D eigenvalue weighted by atomic mass is 10.1. The van der Waals surface area contributed by atoms with Gasteiger partial charge in [-0.15, -0.1) is 0 Å². The van der Waals surface area contributed by atoms with Crippen molar-refractivity contribution in [1.82, 2.24) is 4.31 Å². The topological polar surface area (TPSA) is 87.8 Å². The van der Waals surface area contributed by atoms with Crippen LogP contribution in [0.15, 0.2) is 23.2 Å². The molecule has 1 aliphatic heterocycles. The van der Waals surface area contributed by atoms with Crippen LogP contribution in [0.3, 0.4) is 0 Å². The molecule has 3 N–H and O–H groups in total. The summed E-state index contributed by atoms with van der Waals surface area (Å²) < 4.78 is 24.7. The molecule has 2 rings (SSSR count). The fraction of sp³-hybridized carbons (Fsp3) is 0.500. The van der Waals surface area contributed by atoms with Gasteiger partial charge in [0.15, 0.2) is 5.96 Å². The highest BCUT2D eigenvalue weighted by molar-refractivity contribution is 7.89. The summed E-state index contributed by atoms with van der Waals surface area (Å²) in [5.41, 5.74) is 9.09. The maximum Gasteiger partial charge on any atom is 0.214 e. The van der Waals surface area contributed by atoms with Gasteiger partial charge in [-0.1, -0.05) is 6.07 Å². The highest BCUT2D eigenvalue weighted by Crippen LogP contribution is 2.14. The zero-order chi connectivity index (χ0) is 15.5. The van der Waals surface area contributed by atoms with Gasteiger partial charge in [-0.3, -0.25) is 4.99 Å². The minimum atomic E-state index is -3.05. The third kappa shape index (κ3) is 4.18. The number of nitrogens with one attached hydrogen (secondary N) is 1. The average Bonchev–Trinajstić information content (AvgIpc) is 2.73. The summed E-state index contributed by atoms with van der Waals surface area (Å²) in [4.78, 5) is 4.18. The predicted octanol–water partition coefficient (Wildman–Crippen LogP) is 1.07. The molecule has 1 aliphatic rings.